The van der Waals surface area contributed by atoms with Crippen molar-refractivity contribution in [3.8, 4) is 0 Å². The zero-order chi connectivity index (χ0) is 21.1. The lowest BCUT2D eigenvalue weighted by Crippen LogP contribution is -2.52. The molecular weight excluding hydrogens is 402 g/mol. The molecule has 3 heterocycles. The molecule has 2 aromatic heterocycles. The molecule has 8 heteroatoms. The Hall–Kier alpha value is -3.06. The third-order valence-corrected chi connectivity index (χ3v) is 5.76. The van der Waals surface area contributed by atoms with Crippen LogP contribution in [0, 0.1) is 0 Å². The van der Waals surface area contributed by atoms with E-state index in [0.29, 0.717) is 30.2 Å². The summed E-state index contributed by atoms with van der Waals surface area (Å²) in [5.74, 6) is -0.0432. The summed E-state index contributed by atoms with van der Waals surface area (Å²) in [6.45, 7) is 1.60. The number of rotatable bonds is 4. The van der Waals surface area contributed by atoms with E-state index >= 15 is 0 Å². The second kappa shape index (κ2) is 8.75. The van der Waals surface area contributed by atoms with Crippen LogP contribution in [0.1, 0.15) is 28.9 Å². The summed E-state index contributed by atoms with van der Waals surface area (Å²) in [5.41, 5.74) is 2.46. The van der Waals surface area contributed by atoms with Gasteiger partial charge in [-0.2, -0.15) is 0 Å². The number of aromatic nitrogens is 2. The minimum absolute atomic E-state index is 0.0270. The number of urea groups is 1. The Kier molecular flexibility index (Phi) is 5.90. The zero-order valence-electron chi connectivity index (χ0n) is 16.8. The number of likely N-dealkylation sites (N-methyl/N-ethyl adjacent to an activating group) is 1. The van der Waals surface area contributed by atoms with Crippen molar-refractivity contribution in [3.63, 3.8) is 0 Å². The Morgan fingerprint density at radius 1 is 1.33 bits per heavy atom. The third kappa shape index (κ3) is 4.41. The summed E-state index contributed by atoms with van der Waals surface area (Å²) in [6, 6.07) is 11.0. The van der Waals surface area contributed by atoms with Crippen LogP contribution in [0.3, 0.4) is 0 Å². The van der Waals surface area contributed by atoms with Crippen LogP contribution in [-0.4, -0.2) is 57.9 Å². The van der Waals surface area contributed by atoms with Gasteiger partial charge in [0.1, 0.15) is 0 Å². The highest BCUT2D eigenvalue weighted by Gasteiger charge is 2.29. The Labute approximate surface area is 180 Å². The number of hydrogen-bond acceptors (Lipinski definition) is 3. The number of pyridine rings is 1. The number of hydrogen-bond donors (Lipinski definition) is 2. The summed E-state index contributed by atoms with van der Waals surface area (Å²) in [5, 5.41) is 4.65. The molecule has 4 rings (SSSR count). The van der Waals surface area contributed by atoms with Crippen molar-refractivity contribution in [2.45, 2.75) is 25.4 Å². The summed E-state index contributed by atoms with van der Waals surface area (Å²) in [7, 11) is 1.78. The van der Waals surface area contributed by atoms with E-state index in [-0.39, 0.29) is 18.0 Å². The summed E-state index contributed by atoms with van der Waals surface area (Å²) in [6.07, 6.45) is 4.95. The Morgan fingerprint density at radius 3 is 3.00 bits per heavy atom. The predicted molar refractivity (Wildman–Crippen MR) is 116 cm³/mol. The third-order valence-electron chi connectivity index (χ3n) is 5.53. The quantitative estimate of drug-likeness (QED) is 0.669. The predicted octanol–water partition coefficient (Wildman–Crippen LogP) is 3.66. The van der Waals surface area contributed by atoms with Gasteiger partial charge in [0.05, 0.1) is 18.2 Å². The van der Waals surface area contributed by atoms with Crippen molar-refractivity contribution in [1.82, 2.24) is 25.1 Å². The molecule has 1 atom stereocenters. The van der Waals surface area contributed by atoms with Gasteiger partial charge in [0.15, 0.2) is 0 Å². The highest BCUT2D eigenvalue weighted by Crippen LogP contribution is 2.20. The van der Waals surface area contributed by atoms with Crippen molar-refractivity contribution < 1.29 is 9.59 Å². The van der Waals surface area contributed by atoms with Crippen LogP contribution >= 0.6 is 11.6 Å². The molecule has 1 aliphatic rings. The molecule has 1 aromatic carbocycles. The molecular formula is C22H24ClN5O2. The molecule has 0 unspecified atom stereocenters. The summed E-state index contributed by atoms with van der Waals surface area (Å²) in [4.78, 5) is 36.2. The SMILES string of the molecule is CN(C(=O)NCc1cc2cc(Cl)ccc2[nH]1)[C@@H]1CCCN(C(=O)c2cccnc2)C1. The van der Waals surface area contributed by atoms with E-state index in [9.17, 15) is 9.59 Å². The Balaban J connectivity index is 1.35. The molecule has 3 amide bonds. The number of H-pyrrole nitrogens is 1. The standard InChI is InChI=1S/C22H24ClN5O2/c1-27(19-5-3-9-28(14-19)21(29)15-4-2-8-24-12-15)22(30)25-13-18-11-16-10-17(23)6-7-20(16)26-18/h2,4,6-8,10-12,19,26H,3,5,9,13-14H2,1H3,(H,25,30)/t19-/m1/s1. The molecule has 0 aliphatic carbocycles. The molecule has 0 bridgehead atoms. The maximum atomic E-state index is 12.7. The average molecular weight is 426 g/mol. The molecule has 2 N–H and O–H groups in total. The molecule has 1 fully saturated rings. The lowest BCUT2D eigenvalue weighted by Gasteiger charge is -2.37. The van der Waals surface area contributed by atoms with Crippen LogP contribution in [0.25, 0.3) is 10.9 Å². The monoisotopic (exact) mass is 425 g/mol. The van der Waals surface area contributed by atoms with Crippen molar-refractivity contribution in [2.75, 3.05) is 20.1 Å². The minimum Gasteiger partial charge on any atom is -0.357 e. The maximum Gasteiger partial charge on any atom is 0.317 e. The van der Waals surface area contributed by atoms with E-state index in [1.807, 2.05) is 24.3 Å². The number of carbonyl (C=O) groups is 2. The van der Waals surface area contributed by atoms with Crippen LogP contribution in [0.5, 0.6) is 0 Å². The van der Waals surface area contributed by atoms with Gasteiger partial charge in [-0.25, -0.2) is 4.79 Å². The Morgan fingerprint density at radius 2 is 2.20 bits per heavy atom. The van der Waals surface area contributed by atoms with Gasteiger partial charge in [0.2, 0.25) is 0 Å². The van der Waals surface area contributed by atoms with E-state index in [4.69, 9.17) is 11.6 Å². The van der Waals surface area contributed by atoms with E-state index in [0.717, 1.165) is 29.4 Å². The van der Waals surface area contributed by atoms with Gasteiger partial charge in [-0.05, 0) is 49.2 Å². The number of nitrogens with one attached hydrogen (secondary N) is 2. The molecule has 0 spiro atoms. The largest absolute Gasteiger partial charge is 0.357 e. The van der Waals surface area contributed by atoms with Gasteiger partial charge in [-0.15, -0.1) is 0 Å². The summed E-state index contributed by atoms with van der Waals surface area (Å²) < 4.78 is 0. The summed E-state index contributed by atoms with van der Waals surface area (Å²) >= 11 is 6.03. The van der Waals surface area contributed by atoms with Crippen LogP contribution in [0.15, 0.2) is 48.8 Å². The van der Waals surface area contributed by atoms with Crippen LogP contribution < -0.4 is 5.32 Å². The molecule has 1 saturated heterocycles. The number of aromatic amines is 1. The number of carbonyl (C=O) groups excluding carboxylic acids is 2. The molecule has 3 aromatic rings. The topological polar surface area (TPSA) is 81.3 Å². The van der Waals surface area contributed by atoms with Gasteiger partial charge >= 0.3 is 6.03 Å². The molecule has 30 heavy (non-hydrogen) atoms. The Bertz CT molecular complexity index is 1050. The number of amides is 3. The second-order valence-electron chi connectivity index (χ2n) is 7.58. The van der Waals surface area contributed by atoms with E-state index in [1.54, 1.807) is 41.4 Å². The van der Waals surface area contributed by atoms with Crippen molar-refractivity contribution in [3.05, 3.63) is 65.1 Å². The van der Waals surface area contributed by atoms with E-state index < -0.39 is 0 Å². The van der Waals surface area contributed by atoms with Gasteiger partial charge < -0.3 is 20.1 Å². The number of fused-ring (bicyclic) bond motifs is 1. The smallest absolute Gasteiger partial charge is 0.317 e. The number of nitrogens with zero attached hydrogens (tertiary/aromatic N) is 3. The molecule has 0 radical (unpaired) electrons. The first-order chi connectivity index (χ1) is 14.5. The van der Waals surface area contributed by atoms with E-state index in [1.165, 1.54) is 0 Å². The normalized spacial score (nSPS) is 16.5. The average Bonchev–Trinajstić information content (AvgIpc) is 3.19. The molecule has 1 aliphatic heterocycles. The fourth-order valence-electron chi connectivity index (χ4n) is 3.85. The first-order valence-electron chi connectivity index (χ1n) is 9.98. The number of benzene rings is 1. The van der Waals surface area contributed by atoms with E-state index in [2.05, 4.69) is 15.3 Å². The fourth-order valence-corrected chi connectivity index (χ4v) is 4.03. The molecule has 7 nitrogen and oxygen atoms in total. The minimum atomic E-state index is -0.160. The highest BCUT2D eigenvalue weighted by atomic mass is 35.5. The van der Waals surface area contributed by atoms with Gasteiger partial charge in [0.25, 0.3) is 5.91 Å². The van der Waals surface area contributed by atoms with Crippen molar-refractivity contribution >= 4 is 34.4 Å². The second-order valence-corrected chi connectivity index (χ2v) is 8.02. The van der Waals surface area contributed by atoms with Crippen LogP contribution in [0.4, 0.5) is 4.79 Å². The maximum absolute atomic E-state index is 12.7. The van der Waals surface area contributed by atoms with Crippen molar-refractivity contribution in [2.24, 2.45) is 0 Å². The molecule has 156 valence electrons. The first kappa shape index (κ1) is 20.2. The van der Waals surface area contributed by atoms with Crippen LogP contribution in [-0.2, 0) is 6.54 Å². The van der Waals surface area contributed by atoms with Gasteiger partial charge in [-0.3, -0.25) is 9.78 Å². The zero-order valence-corrected chi connectivity index (χ0v) is 17.5. The number of piperidine rings is 1. The lowest BCUT2D eigenvalue weighted by atomic mass is 10.0. The molecule has 0 saturated carbocycles. The van der Waals surface area contributed by atoms with Crippen molar-refractivity contribution in [1.29, 1.82) is 0 Å². The van der Waals surface area contributed by atoms with Crippen LogP contribution in [0.2, 0.25) is 5.02 Å². The lowest BCUT2D eigenvalue weighted by molar-refractivity contribution is 0.0636. The number of halogens is 1. The van der Waals surface area contributed by atoms with Gasteiger partial charge in [0, 0.05) is 54.2 Å². The fraction of sp³-hybridized carbons (Fsp3) is 0.318. The highest BCUT2D eigenvalue weighted by molar-refractivity contribution is 6.31. The van der Waals surface area contributed by atoms with Gasteiger partial charge in [-0.1, -0.05) is 11.6 Å². The number of likely N-dealkylation sites (tertiary alicyclic amines) is 1. The first-order valence-corrected chi connectivity index (χ1v) is 10.4.